The van der Waals surface area contributed by atoms with Gasteiger partial charge in [0.15, 0.2) is 5.78 Å². The lowest BCUT2D eigenvalue weighted by Crippen LogP contribution is -2.48. The van der Waals surface area contributed by atoms with Crippen LogP contribution in [-0.4, -0.2) is 48.3 Å². The summed E-state index contributed by atoms with van der Waals surface area (Å²) in [6, 6.07) is 3.75. The van der Waals surface area contributed by atoms with Crippen LogP contribution in [-0.2, 0) is 20.7 Å². The monoisotopic (exact) mass is 500 g/mol. The van der Waals surface area contributed by atoms with Crippen LogP contribution in [0, 0.1) is 29.5 Å². The molecule has 4 rings (SSSR count). The Morgan fingerprint density at radius 1 is 1.06 bits per heavy atom. The first-order valence-corrected chi connectivity index (χ1v) is 13.8. The number of Topliss-reactive ketones (excluding diaryl/α,β-unsaturated/α-hetero) is 1. The Morgan fingerprint density at radius 3 is 2.36 bits per heavy atom. The van der Waals surface area contributed by atoms with Crippen LogP contribution >= 0.6 is 0 Å². The Kier molecular flexibility index (Phi) is 8.81. The molecule has 1 aliphatic heterocycles. The first-order chi connectivity index (χ1) is 17.3. The van der Waals surface area contributed by atoms with E-state index >= 15 is 0 Å². The number of hydrogen-bond donors (Lipinski definition) is 1. The van der Waals surface area contributed by atoms with E-state index in [4.69, 9.17) is 5.73 Å². The number of esters is 1. The Labute approximate surface area is 214 Å². The number of amides is 1. The summed E-state index contributed by atoms with van der Waals surface area (Å²) >= 11 is 0. The molecule has 198 valence electrons. The van der Waals surface area contributed by atoms with Crippen LogP contribution in [0.5, 0.6) is 0 Å². The minimum atomic E-state index is -0.615. The standard InChI is InChI=1S/C29H41FN2O4/c1-18(31)19-8-10-21(11-9-19)28(34)32-15-14-24(20-6-4-3-5-7-20)27(32)26(33)17-22-12-13-23(16-25(22)30)29(35)36-2/h12-13,16,18-21,24,27H,3-11,14-15,17,31H2,1-2H3/t18?,19?,21?,24-,27+/m1/s1. The third-order valence-corrected chi connectivity index (χ3v) is 9.02. The van der Waals surface area contributed by atoms with Crippen molar-refractivity contribution in [3.05, 3.63) is 35.1 Å². The maximum atomic E-state index is 14.8. The molecular formula is C29H41FN2O4. The quantitative estimate of drug-likeness (QED) is 0.550. The van der Waals surface area contributed by atoms with E-state index in [-0.39, 0.29) is 47.1 Å². The van der Waals surface area contributed by atoms with Crippen molar-refractivity contribution >= 4 is 17.7 Å². The van der Waals surface area contributed by atoms with Crippen molar-refractivity contribution in [1.82, 2.24) is 4.90 Å². The Hall–Kier alpha value is -2.28. The molecule has 3 fully saturated rings. The van der Waals surface area contributed by atoms with Crippen LogP contribution in [0.2, 0.25) is 0 Å². The number of methoxy groups -OCH3 is 1. The van der Waals surface area contributed by atoms with E-state index in [0.29, 0.717) is 18.4 Å². The van der Waals surface area contributed by atoms with Crippen LogP contribution in [0.4, 0.5) is 4.39 Å². The van der Waals surface area contributed by atoms with Crippen LogP contribution < -0.4 is 5.73 Å². The maximum Gasteiger partial charge on any atom is 0.337 e. The van der Waals surface area contributed by atoms with Crippen molar-refractivity contribution in [3.63, 3.8) is 0 Å². The lowest BCUT2D eigenvalue weighted by atomic mass is 9.75. The predicted octanol–water partition coefficient (Wildman–Crippen LogP) is 4.67. The van der Waals surface area contributed by atoms with Crippen molar-refractivity contribution in [3.8, 4) is 0 Å². The topological polar surface area (TPSA) is 89.7 Å². The summed E-state index contributed by atoms with van der Waals surface area (Å²) in [6.45, 7) is 2.64. The number of halogens is 1. The van der Waals surface area contributed by atoms with Crippen molar-refractivity contribution in [1.29, 1.82) is 0 Å². The SMILES string of the molecule is COC(=O)c1ccc(CC(=O)[C@@H]2[C@@H](C3CCCCC3)CCN2C(=O)C2CCC(C(C)N)CC2)c(F)c1. The largest absolute Gasteiger partial charge is 0.465 e. The molecule has 0 bridgehead atoms. The Balaban J connectivity index is 1.52. The smallest absolute Gasteiger partial charge is 0.337 e. The molecule has 36 heavy (non-hydrogen) atoms. The summed E-state index contributed by atoms with van der Waals surface area (Å²) in [4.78, 5) is 41.1. The van der Waals surface area contributed by atoms with Gasteiger partial charge in [-0.3, -0.25) is 9.59 Å². The van der Waals surface area contributed by atoms with Gasteiger partial charge < -0.3 is 15.4 Å². The highest BCUT2D eigenvalue weighted by molar-refractivity contribution is 5.93. The Morgan fingerprint density at radius 2 is 1.75 bits per heavy atom. The first-order valence-electron chi connectivity index (χ1n) is 13.8. The van der Waals surface area contributed by atoms with Gasteiger partial charge in [0, 0.05) is 24.9 Å². The highest BCUT2D eigenvalue weighted by Crippen LogP contribution is 2.41. The molecule has 3 atom stereocenters. The van der Waals surface area contributed by atoms with E-state index < -0.39 is 17.8 Å². The van der Waals surface area contributed by atoms with E-state index in [1.54, 1.807) is 0 Å². The number of nitrogens with zero attached hydrogens (tertiary/aromatic N) is 1. The Bertz CT molecular complexity index is 951. The number of nitrogens with two attached hydrogens (primary N) is 1. The van der Waals surface area contributed by atoms with Crippen LogP contribution in [0.15, 0.2) is 18.2 Å². The number of hydrogen-bond acceptors (Lipinski definition) is 5. The van der Waals surface area contributed by atoms with E-state index in [9.17, 15) is 18.8 Å². The van der Waals surface area contributed by atoms with Gasteiger partial charge in [-0.05, 0) is 74.5 Å². The normalized spacial score (nSPS) is 28.1. The molecule has 0 spiro atoms. The molecule has 2 saturated carbocycles. The number of ether oxygens (including phenoxy) is 1. The molecule has 6 nitrogen and oxygen atoms in total. The molecule has 1 aromatic rings. The second-order valence-electron chi connectivity index (χ2n) is 11.2. The summed E-state index contributed by atoms with van der Waals surface area (Å²) in [5.74, 6) is -0.236. The summed E-state index contributed by atoms with van der Waals surface area (Å²) < 4.78 is 19.5. The van der Waals surface area contributed by atoms with Gasteiger partial charge in [0.1, 0.15) is 5.82 Å². The molecule has 0 radical (unpaired) electrons. The van der Waals surface area contributed by atoms with Gasteiger partial charge in [-0.2, -0.15) is 0 Å². The second kappa shape index (κ2) is 11.8. The van der Waals surface area contributed by atoms with E-state index in [0.717, 1.165) is 51.0 Å². The maximum absolute atomic E-state index is 14.8. The number of rotatable bonds is 7. The molecule has 1 saturated heterocycles. The summed E-state index contributed by atoms with van der Waals surface area (Å²) in [5.41, 5.74) is 6.47. The van der Waals surface area contributed by atoms with Crippen LogP contribution in [0.3, 0.4) is 0 Å². The number of carbonyl (C=O) groups is 3. The molecule has 2 aliphatic carbocycles. The highest BCUT2D eigenvalue weighted by atomic mass is 19.1. The molecule has 1 heterocycles. The fourth-order valence-corrected chi connectivity index (χ4v) is 6.89. The zero-order chi connectivity index (χ0) is 25.8. The van der Waals surface area contributed by atoms with Crippen LogP contribution in [0.25, 0.3) is 0 Å². The molecule has 3 aliphatic rings. The van der Waals surface area contributed by atoms with Gasteiger partial charge >= 0.3 is 5.97 Å². The van der Waals surface area contributed by atoms with Gasteiger partial charge in [0.25, 0.3) is 0 Å². The average molecular weight is 501 g/mol. The average Bonchev–Trinajstić information content (AvgIpc) is 3.35. The molecule has 1 amide bonds. The predicted molar refractivity (Wildman–Crippen MR) is 136 cm³/mol. The second-order valence-corrected chi connectivity index (χ2v) is 11.2. The van der Waals surface area contributed by atoms with Crippen molar-refractivity contribution < 1.29 is 23.5 Å². The fourth-order valence-electron chi connectivity index (χ4n) is 6.89. The van der Waals surface area contributed by atoms with E-state index in [1.165, 1.54) is 38.5 Å². The molecule has 7 heteroatoms. The summed E-state index contributed by atoms with van der Waals surface area (Å²) in [7, 11) is 1.25. The summed E-state index contributed by atoms with van der Waals surface area (Å²) in [5, 5.41) is 0. The first kappa shape index (κ1) is 26.8. The highest BCUT2D eigenvalue weighted by Gasteiger charge is 2.46. The molecule has 1 aromatic carbocycles. The lowest BCUT2D eigenvalue weighted by molar-refractivity contribution is -0.143. The zero-order valence-corrected chi connectivity index (χ0v) is 21.7. The van der Waals surface area contributed by atoms with E-state index in [1.807, 2.05) is 11.8 Å². The third kappa shape index (κ3) is 5.82. The third-order valence-electron chi connectivity index (χ3n) is 9.02. The lowest BCUT2D eigenvalue weighted by Gasteiger charge is -2.36. The minimum absolute atomic E-state index is 0.0588. The molecule has 2 N–H and O–H groups in total. The number of likely N-dealkylation sites (tertiary alicyclic amines) is 1. The zero-order valence-electron chi connectivity index (χ0n) is 21.7. The van der Waals surface area contributed by atoms with Gasteiger partial charge in [-0.15, -0.1) is 0 Å². The summed E-state index contributed by atoms with van der Waals surface area (Å²) in [6.07, 6.45) is 10.0. The van der Waals surface area contributed by atoms with Crippen molar-refractivity contribution in [2.45, 2.75) is 89.6 Å². The van der Waals surface area contributed by atoms with Crippen LogP contribution in [0.1, 0.15) is 87.1 Å². The molecule has 1 unspecified atom stereocenters. The van der Waals surface area contributed by atoms with Crippen molar-refractivity contribution in [2.75, 3.05) is 13.7 Å². The van der Waals surface area contributed by atoms with Gasteiger partial charge in [0.05, 0.1) is 18.7 Å². The molecule has 0 aromatic heterocycles. The van der Waals surface area contributed by atoms with E-state index in [2.05, 4.69) is 4.74 Å². The van der Waals surface area contributed by atoms with Gasteiger partial charge in [-0.1, -0.05) is 38.2 Å². The molecular weight excluding hydrogens is 459 g/mol. The van der Waals surface area contributed by atoms with Gasteiger partial charge in [-0.25, -0.2) is 9.18 Å². The number of ketones is 1. The van der Waals surface area contributed by atoms with Gasteiger partial charge in [0.2, 0.25) is 5.91 Å². The fraction of sp³-hybridized carbons (Fsp3) is 0.690. The number of benzene rings is 1. The van der Waals surface area contributed by atoms with Crippen molar-refractivity contribution in [2.24, 2.45) is 29.4 Å². The minimum Gasteiger partial charge on any atom is -0.465 e. The number of carbonyl (C=O) groups excluding carboxylic acids is 3.